The van der Waals surface area contributed by atoms with Crippen molar-refractivity contribution in [3.8, 4) is 0 Å². The Morgan fingerprint density at radius 3 is 3.10 bits per heavy atom. The predicted octanol–water partition coefficient (Wildman–Crippen LogP) is 1.23. The van der Waals surface area contributed by atoms with Gasteiger partial charge in [0, 0.05) is 30.9 Å². The molecule has 0 aliphatic carbocycles. The van der Waals surface area contributed by atoms with Crippen LogP contribution in [-0.4, -0.2) is 49.7 Å². The normalized spacial score (nSPS) is 19.9. The van der Waals surface area contributed by atoms with Crippen LogP contribution in [0, 0.1) is 0 Å². The fourth-order valence-corrected chi connectivity index (χ4v) is 2.89. The minimum atomic E-state index is -0.448. The number of rotatable bonds is 2. The molecule has 2 N–H and O–H groups in total. The maximum atomic E-state index is 12.5. The monoisotopic (exact) mass is 289 g/mol. The third-order valence-corrected chi connectivity index (χ3v) is 4.05. The number of carbonyl (C=O) groups excluding carboxylic acids is 2. The average Bonchev–Trinajstić information content (AvgIpc) is 3.14. The summed E-state index contributed by atoms with van der Waals surface area (Å²) in [4.78, 5) is 25.5. The molecule has 1 atom stereocenters. The average molecular weight is 289 g/mol. The van der Waals surface area contributed by atoms with Gasteiger partial charge in [0.1, 0.15) is 0 Å². The van der Waals surface area contributed by atoms with Gasteiger partial charge < -0.3 is 20.3 Å². The summed E-state index contributed by atoms with van der Waals surface area (Å²) < 4.78 is 4.58. The number of nitrogens with one attached hydrogen (secondary N) is 2. The number of hydrogen-bond acceptors (Lipinski definition) is 4. The lowest BCUT2D eigenvalue weighted by Crippen LogP contribution is -2.38. The Morgan fingerprint density at radius 1 is 1.43 bits per heavy atom. The molecule has 1 fully saturated rings. The van der Waals surface area contributed by atoms with Crippen molar-refractivity contribution in [2.45, 2.75) is 18.9 Å². The van der Waals surface area contributed by atoms with Crippen LogP contribution in [0.15, 0.2) is 18.2 Å². The van der Waals surface area contributed by atoms with Gasteiger partial charge in [-0.25, -0.2) is 4.79 Å². The van der Waals surface area contributed by atoms with Crippen LogP contribution in [0.25, 0.3) is 0 Å². The van der Waals surface area contributed by atoms with Gasteiger partial charge in [-0.1, -0.05) is 6.07 Å². The number of nitrogens with zero attached hydrogens (tertiary/aromatic N) is 1. The summed E-state index contributed by atoms with van der Waals surface area (Å²) in [6.45, 7) is 2.11. The summed E-state index contributed by atoms with van der Waals surface area (Å²) in [5.74, 6) is 0.0145. The minimum absolute atomic E-state index is 0.0145. The van der Waals surface area contributed by atoms with Crippen molar-refractivity contribution in [2.75, 3.05) is 32.1 Å². The Hall–Kier alpha value is -2.24. The smallest absolute Gasteiger partial charge is 0.407 e. The van der Waals surface area contributed by atoms with E-state index in [-0.39, 0.29) is 11.9 Å². The molecule has 1 unspecified atom stereocenters. The maximum absolute atomic E-state index is 12.5. The van der Waals surface area contributed by atoms with E-state index in [1.54, 1.807) is 4.90 Å². The fourth-order valence-electron chi connectivity index (χ4n) is 2.89. The summed E-state index contributed by atoms with van der Waals surface area (Å²) >= 11 is 0. The molecular weight excluding hydrogens is 270 g/mol. The third-order valence-electron chi connectivity index (χ3n) is 4.05. The van der Waals surface area contributed by atoms with Crippen molar-refractivity contribution in [3.05, 3.63) is 29.3 Å². The number of fused-ring (bicyclic) bond motifs is 1. The summed E-state index contributed by atoms with van der Waals surface area (Å²) in [6.07, 6.45) is 1.32. The van der Waals surface area contributed by atoms with Crippen LogP contribution >= 0.6 is 0 Å². The second-order valence-corrected chi connectivity index (χ2v) is 5.42. The molecule has 1 aromatic rings. The highest BCUT2D eigenvalue weighted by atomic mass is 16.5. The molecule has 6 heteroatoms. The summed E-state index contributed by atoms with van der Waals surface area (Å²) in [5, 5.41) is 6.02. The molecule has 2 heterocycles. The van der Waals surface area contributed by atoms with Crippen LogP contribution in [0.3, 0.4) is 0 Å². The Balaban J connectivity index is 1.65. The van der Waals surface area contributed by atoms with E-state index in [1.807, 2.05) is 18.2 Å². The van der Waals surface area contributed by atoms with Gasteiger partial charge in [-0.05, 0) is 30.5 Å². The molecule has 112 valence electrons. The molecule has 1 saturated heterocycles. The van der Waals surface area contributed by atoms with E-state index in [0.717, 1.165) is 25.1 Å². The van der Waals surface area contributed by atoms with Crippen LogP contribution in [-0.2, 0) is 11.2 Å². The Bertz CT molecular complexity index is 573. The SMILES string of the molecule is COC(=O)NC1CCN(C(=O)c2ccc3c(c2)NCC3)C1. The zero-order valence-electron chi connectivity index (χ0n) is 12.0. The van der Waals surface area contributed by atoms with E-state index in [0.29, 0.717) is 18.7 Å². The Labute approximate surface area is 123 Å². The number of benzene rings is 1. The van der Waals surface area contributed by atoms with Crippen LogP contribution in [0.4, 0.5) is 10.5 Å². The second kappa shape index (κ2) is 5.63. The van der Waals surface area contributed by atoms with Crippen LogP contribution < -0.4 is 10.6 Å². The van der Waals surface area contributed by atoms with Crippen LogP contribution in [0.1, 0.15) is 22.3 Å². The molecule has 2 amide bonds. The lowest BCUT2D eigenvalue weighted by molar-refractivity contribution is 0.0788. The van der Waals surface area contributed by atoms with Gasteiger partial charge in [0.05, 0.1) is 13.2 Å². The number of anilines is 1. The van der Waals surface area contributed by atoms with E-state index >= 15 is 0 Å². The van der Waals surface area contributed by atoms with Crippen molar-refractivity contribution < 1.29 is 14.3 Å². The molecule has 0 saturated carbocycles. The van der Waals surface area contributed by atoms with E-state index < -0.39 is 6.09 Å². The first-order valence-corrected chi connectivity index (χ1v) is 7.18. The molecule has 6 nitrogen and oxygen atoms in total. The molecule has 1 aromatic carbocycles. The molecule has 2 aliphatic rings. The third kappa shape index (κ3) is 2.79. The summed E-state index contributed by atoms with van der Waals surface area (Å²) in [6, 6.07) is 5.79. The van der Waals surface area contributed by atoms with Gasteiger partial charge in [-0.3, -0.25) is 4.79 Å². The molecule has 2 aliphatic heterocycles. The highest BCUT2D eigenvalue weighted by molar-refractivity contribution is 5.95. The molecule has 21 heavy (non-hydrogen) atoms. The first-order chi connectivity index (χ1) is 10.2. The van der Waals surface area contributed by atoms with E-state index in [4.69, 9.17) is 0 Å². The lowest BCUT2D eigenvalue weighted by Gasteiger charge is -2.17. The largest absolute Gasteiger partial charge is 0.453 e. The summed E-state index contributed by atoms with van der Waals surface area (Å²) in [5.41, 5.74) is 3.02. The number of carbonyl (C=O) groups is 2. The first kappa shape index (κ1) is 13.7. The highest BCUT2D eigenvalue weighted by Crippen LogP contribution is 2.24. The zero-order valence-corrected chi connectivity index (χ0v) is 12.0. The first-order valence-electron chi connectivity index (χ1n) is 7.18. The van der Waals surface area contributed by atoms with Crippen molar-refractivity contribution in [1.29, 1.82) is 0 Å². The molecule has 0 spiro atoms. The van der Waals surface area contributed by atoms with Gasteiger partial charge in [0.15, 0.2) is 0 Å². The quantitative estimate of drug-likeness (QED) is 0.859. The zero-order chi connectivity index (χ0) is 14.8. The van der Waals surface area contributed by atoms with Gasteiger partial charge in [-0.15, -0.1) is 0 Å². The predicted molar refractivity (Wildman–Crippen MR) is 78.5 cm³/mol. The number of ether oxygens (including phenoxy) is 1. The maximum Gasteiger partial charge on any atom is 0.407 e. The minimum Gasteiger partial charge on any atom is -0.453 e. The van der Waals surface area contributed by atoms with E-state index in [2.05, 4.69) is 15.4 Å². The Morgan fingerprint density at radius 2 is 2.29 bits per heavy atom. The van der Waals surface area contributed by atoms with Crippen molar-refractivity contribution in [2.24, 2.45) is 0 Å². The van der Waals surface area contributed by atoms with E-state index in [1.165, 1.54) is 12.7 Å². The molecule has 0 aromatic heterocycles. The van der Waals surface area contributed by atoms with Gasteiger partial charge in [0.25, 0.3) is 5.91 Å². The second-order valence-electron chi connectivity index (χ2n) is 5.42. The van der Waals surface area contributed by atoms with Crippen LogP contribution in [0.5, 0.6) is 0 Å². The van der Waals surface area contributed by atoms with Gasteiger partial charge in [-0.2, -0.15) is 0 Å². The van der Waals surface area contributed by atoms with Crippen molar-refractivity contribution in [1.82, 2.24) is 10.2 Å². The summed E-state index contributed by atoms with van der Waals surface area (Å²) in [7, 11) is 1.34. The number of hydrogen-bond donors (Lipinski definition) is 2. The molecular formula is C15H19N3O3. The molecule has 3 rings (SSSR count). The van der Waals surface area contributed by atoms with Crippen LogP contribution in [0.2, 0.25) is 0 Å². The Kier molecular flexibility index (Phi) is 3.68. The molecule has 0 bridgehead atoms. The standard InChI is InChI=1S/C15H19N3O3/c1-21-15(20)17-12-5-7-18(9-12)14(19)11-3-2-10-4-6-16-13(10)8-11/h2-3,8,12,16H,4-7,9H2,1H3,(H,17,20). The van der Waals surface area contributed by atoms with Gasteiger partial charge in [0.2, 0.25) is 0 Å². The number of alkyl carbamates (subject to hydrolysis) is 1. The van der Waals surface area contributed by atoms with E-state index in [9.17, 15) is 9.59 Å². The van der Waals surface area contributed by atoms with Crippen molar-refractivity contribution >= 4 is 17.7 Å². The number of likely N-dealkylation sites (tertiary alicyclic amines) is 1. The topological polar surface area (TPSA) is 70.7 Å². The highest BCUT2D eigenvalue weighted by Gasteiger charge is 2.28. The number of methoxy groups -OCH3 is 1. The van der Waals surface area contributed by atoms with Crippen molar-refractivity contribution in [3.63, 3.8) is 0 Å². The fraction of sp³-hybridized carbons (Fsp3) is 0.467. The molecule has 0 radical (unpaired) electrons. The lowest BCUT2D eigenvalue weighted by atomic mass is 10.1. The number of amides is 2. The van der Waals surface area contributed by atoms with Gasteiger partial charge >= 0.3 is 6.09 Å².